The first-order valence-electron chi connectivity index (χ1n) is 8.08. The molecule has 0 radical (unpaired) electrons. The van der Waals surface area contributed by atoms with Gasteiger partial charge in [-0.25, -0.2) is 5.43 Å². The minimum Gasteiger partial charge on any atom is -0.317 e. The fourth-order valence-corrected chi connectivity index (χ4v) is 2.42. The second-order valence-electron chi connectivity index (χ2n) is 5.47. The number of hydrogen-bond donors (Lipinski definition) is 2. The second kappa shape index (κ2) is 8.39. The number of fused-ring (bicyclic) bond motifs is 1. The topological polar surface area (TPSA) is 70.6 Å². The summed E-state index contributed by atoms with van der Waals surface area (Å²) < 4.78 is 0. The van der Waals surface area contributed by atoms with Gasteiger partial charge in [-0.05, 0) is 23.1 Å². The van der Waals surface area contributed by atoms with Crippen molar-refractivity contribution in [2.75, 3.05) is 5.32 Å². The summed E-state index contributed by atoms with van der Waals surface area (Å²) in [5.74, 6) is -1.60. The first-order valence-corrected chi connectivity index (χ1v) is 8.08. The van der Waals surface area contributed by atoms with Crippen molar-refractivity contribution in [3.8, 4) is 0 Å². The lowest BCUT2D eigenvalue weighted by molar-refractivity contribution is -0.136. The Morgan fingerprint density at radius 1 is 0.808 bits per heavy atom. The molecule has 5 nitrogen and oxygen atoms in total. The number of hydrogen-bond acceptors (Lipinski definition) is 3. The molecule has 2 amide bonds. The maximum Gasteiger partial charge on any atom is 0.329 e. The van der Waals surface area contributed by atoms with Crippen molar-refractivity contribution in [2.24, 2.45) is 5.10 Å². The zero-order valence-electron chi connectivity index (χ0n) is 13.9. The van der Waals surface area contributed by atoms with Crippen LogP contribution in [0.25, 0.3) is 16.8 Å². The Kier molecular flexibility index (Phi) is 5.52. The lowest BCUT2D eigenvalue weighted by Gasteiger charge is -2.07. The Labute approximate surface area is 151 Å². The number of amides is 2. The van der Waals surface area contributed by atoms with Gasteiger partial charge in [-0.15, -0.1) is 0 Å². The molecule has 0 unspecified atom stereocenters. The fourth-order valence-electron chi connectivity index (χ4n) is 2.42. The van der Waals surface area contributed by atoms with Gasteiger partial charge in [0.15, 0.2) is 0 Å². The molecule has 0 saturated heterocycles. The van der Waals surface area contributed by atoms with Crippen molar-refractivity contribution in [1.82, 2.24) is 5.43 Å². The Morgan fingerprint density at radius 2 is 1.54 bits per heavy atom. The van der Waals surface area contributed by atoms with Crippen LogP contribution < -0.4 is 10.7 Å². The Balaban J connectivity index is 1.57. The predicted octanol–water partition coefficient (Wildman–Crippen LogP) is 3.59. The molecular weight excluding hydrogens is 326 g/mol. The van der Waals surface area contributed by atoms with E-state index in [1.165, 1.54) is 6.21 Å². The second-order valence-corrected chi connectivity index (χ2v) is 5.47. The molecule has 128 valence electrons. The fraction of sp³-hybridized carbons (Fsp3) is 0. The lowest BCUT2D eigenvalue weighted by atomic mass is 10.1. The highest BCUT2D eigenvalue weighted by atomic mass is 16.2. The largest absolute Gasteiger partial charge is 0.329 e. The first-order chi connectivity index (χ1) is 12.7. The number of benzene rings is 3. The van der Waals surface area contributed by atoms with Crippen molar-refractivity contribution >= 4 is 40.6 Å². The third kappa shape index (κ3) is 4.42. The molecule has 0 fully saturated rings. The van der Waals surface area contributed by atoms with Gasteiger partial charge in [0.1, 0.15) is 0 Å². The van der Waals surface area contributed by atoms with Crippen molar-refractivity contribution < 1.29 is 9.59 Å². The van der Waals surface area contributed by atoms with E-state index in [1.807, 2.05) is 72.8 Å². The van der Waals surface area contributed by atoms with Crippen LogP contribution in [-0.4, -0.2) is 18.0 Å². The molecule has 0 heterocycles. The monoisotopic (exact) mass is 343 g/mol. The SMILES string of the molecule is O=C(N/N=C/C=C/c1ccccc1)C(=O)Nc1cccc2ccccc12. The molecule has 0 aliphatic carbocycles. The molecule has 2 N–H and O–H groups in total. The maximum atomic E-state index is 12.0. The highest BCUT2D eigenvalue weighted by molar-refractivity contribution is 6.40. The van der Waals surface area contributed by atoms with E-state index in [9.17, 15) is 9.59 Å². The van der Waals surface area contributed by atoms with Crippen LogP contribution in [0.1, 0.15) is 5.56 Å². The van der Waals surface area contributed by atoms with Gasteiger partial charge in [0, 0.05) is 17.3 Å². The maximum absolute atomic E-state index is 12.0. The van der Waals surface area contributed by atoms with Crippen molar-refractivity contribution in [2.45, 2.75) is 0 Å². The molecule has 5 heteroatoms. The average molecular weight is 343 g/mol. The van der Waals surface area contributed by atoms with Gasteiger partial charge >= 0.3 is 11.8 Å². The van der Waals surface area contributed by atoms with Crippen LogP contribution >= 0.6 is 0 Å². The van der Waals surface area contributed by atoms with E-state index in [2.05, 4.69) is 15.8 Å². The standard InChI is InChI=1S/C21H17N3O2/c25-20(23-19-14-6-12-17-11-4-5-13-18(17)19)21(26)24-22-15-7-10-16-8-2-1-3-9-16/h1-15H,(H,23,25)(H,24,26)/b10-7+,22-15+. The molecule has 0 bridgehead atoms. The Morgan fingerprint density at radius 3 is 2.38 bits per heavy atom. The number of anilines is 1. The van der Waals surface area contributed by atoms with E-state index in [-0.39, 0.29) is 0 Å². The summed E-state index contributed by atoms with van der Waals surface area (Å²) >= 11 is 0. The normalized spacial score (nSPS) is 11.1. The molecule has 0 aliphatic rings. The van der Waals surface area contributed by atoms with E-state index in [1.54, 1.807) is 12.1 Å². The van der Waals surface area contributed by atoms with Gasteiger partial charge in [0.2, 0.25) is 0 Å². The van der Waals surface area contributed by atoms with Gasteiger partial charge in [-0.3, -0.25) is 9.59 Å². The van der Waals surface area contributed by atoms with Crippen LogP contribution in [0.15, 0.2) is 84.0 Å². The van der Waals surface area contributed by atoms with Crippen LogP contribution in [0.4, 0.5) is 5.69 Å². The number of rotatable bonds is 4. The summed E-state index contributed by atoms with van der Waals surface area (Å²) in [6, 6.07) is 22.8. The summed E-state index contributed by atoms with van der Waals surface area (Å²) in [6.07, 6.45) is 4.93. The van der Waals surface area contributed by atoms with E-state index in [4.69, 9.17) is 0 Å². The van der Waals surface area contributed by atoms with E-state index < -0.39 is 11.8 Å². The summed E-state index contributed by atoms with van der Waals surface area (Å²) in [6.45, 7) is 0. The van der Waals surface area contributed by atoms with Gasteiger partial charge < -0.3 is 5.32 Å². The summed E-state index contributed by atoms with van der Waals surface area (Å²) in [5.41, 5.74) is 3.80. The van der Waals surface area contributed by atoms with Crippen LogP contribution in [0.3, 0.4) is 0 Å². The highest BCUT2D eigenvalue weighted by Crippen LogP contribution is 2.22. The van der Waals surface area contributed by atoms with Gasteiger partial charge in [-0.2, -0.15) is 5.10 Å². The summed E-state index contributed by atoms with van der Waals surface area (Å²) in [5, 5.41) is 8.20. The smallest absolute Gasteiger partial charge is 0.317 e. The van der Waals surface area contributed by atoms with Crippen LogP contribution in [-0.2, 0) is 9.59 Å². The summed E-state index contributed by atoms with van der Waals surface area (Å²) in [7, 11) is 0. The third-order valence-electron chi connectivity index (χ3n) is 3.66. The van der Waals surface area contributed by atoms with Crippen LogP contribution in [0, 0.1) is 0 Å². The van der Waals surface area contributed by atoms with Gasteiger partial charge in [-0.1, -0.05) is 72.8 Å². The number of nitrogens with one attached hydrogen (secondary N) is 2. The van der Waals surface area contributed by atoms with Gasteiger partial charge in [0.25, 0.3) is 0 Å². The predicted molar refractivity (Wildman–Crippen MR) is 105 cm³/mol. The highest BCUT2D eigenvalue weighted by Gasteiger charge is 2.13. The number of allylic oxidation sites excluding steroid dienone is 1. The number of carbonyl (C=O) groups excluding carboxylic acids is 2. The quantitative estimate of drug-likeness (QED) is 0.432. The van der Waals surface area contributed by atoms with Gasteiger partial charge in [0.05, 0.1) is 0 Å². The third-order valence-corrected chi connectivity index (χ3v) is 3.66. The minimum atomic E-state index is -0.831. The number of carbonyl (C=O) groups is 2. The molecule has 0 spiro atoms. The van der Waals surface area contributed by atoms with Crippen molar-refractivity contribution in [1.29, 1.82) is 0 Å². The molecule has 3 aromatic rings. The lowest BCUT2D eigenvalue weighted by Crippen LogP contribution is -2.32. The first kappa shape index (κ1) is 17.1. The molecule has 0 aliphatic heterocycles. The Bertz CT molecular complexity index is 973. The van der Waals surface area contributed by atoms with Crippen LogP contribution in [0.2, 0.25) is 0 Å². The molecule has 3 aromatic carbocycles. The molecule has 0 atom stereocenters. The summed E-state index contributed by atoms with van der Waals surface area (Å²) in [4.78, 5) is 23.9. The number of nitrogens with zero attached hydrogens (tertiary/aromatic N) is 1. The molecule has 26 heavy (non-hydrogen) atoms. The van der Waals surface area contributed by atoms with Crippen molar-refractivity contribution in [3.05, 3.63) is 84.4 Å². The van der Waals surface area contributed by atoms with E-state index in [0.29, 0.717) is 5.69 Å². The Hall–Kier alpha value is -3.73. The zero-order chi connectivity index (χ0) is 18.2. The minimum absolute atomic E-state index is 0.580. The molecule has 0 saturated carbocycles. The average Bonchev–Trinajstić information content (AvgIpc) is 2.68. The molecule has 3 rings (SSSR count). The number of hydrazone groups is 1. The van der Waals surface area contributed by atoms with E-state index >= 15 is 0 Å². The van der Waals surface area contributed by atoms with Crippen LogP contribution in [0.5, 0.6) is 0 Å². The molecule has 0 aromatic heterocycles. The molecular formula is C21H17N3O2. The zero-order valence-corrected chi connectivity index (χ0v) is 13.9. The van der Waals surface area contributed by atoms with Crippen molar-refractivity contribution in [3.63, 3.8) is 0 Å². The van der Waals surface area contributed by atoms with E-state index in [0.717, 1.165) is 16.3 Å².